The van der Waals surface area contributed by atoms with Crippen LogP contribution < -0.4 is 4.90 Å². The molecule has 0 N–H and O–H groups in total. The number of hydrogen-bond donors (Lipinski definition) is 0. The van der Waals surface area contributed by atoms with E-state index in [1.54, 1.807) is 11.3 Å². The first-order valence-electron chi connectivity index (χ1n) is 20.4. The fourth-order valence-electron chi connectivity index (χ4n) is 9.52. The average Bonchev–Trinajstić information content (AvgIpc) is 4.01. The number of rotatable bonds is 7. The van der Waals surface area contributed by atoms with Crippen LogP contribution in [0.25, 0.3) is 63.2 Å². The van der Waals surface area contributed by atoms with Crippen LogP contribution in [0.5, 0.6) is 0 Å². The molecule has 0 saturated heterocycles. The first-order valence-corrected chi connectivity index (χ1v) is 22.0. The second kappa shape index (κ2) is 14.0. The van der Waals surface area contributed by atoms with Gasteiger partial charge in [0, 0.05) is 32.4 Å². The molecule has 2 aromatic heterocycles. The van der Waals surface area contributed by atoms with Crippen molar-refractivity contribution >= 4 is 70.1 Å². The van der Waals surface area contributed by atoms with Crippen molar-refractivity contribution in [2.24, 2.45) is 0 Å². The number of nitrogens with zero attached hydrogens (tertiary/aromatic N) is 2. The van der Waals surface area contributed by atoms with Gasteiger partial charge in [0.15, 0.2) is 0 Å². The Morgan fingerprint density at radius 1 is 0.400 bits per heavy atom. The maximum atomic E-state index is 5.17. The number of thiophene rings is 1. The number of fused-ring (bicyclic) bond motifs is 7. The van der Waals surface area contributed by atoms with Gasteiger partial charge in [0.2, 0.25) is 0 Å². The third-order valence-electron chi connectivity index (χ3n) is 12.2. The molecule has 0 atom stereocenters. The van der Waals surface area contributed by atoms with E-state index in [0.29, 0.717) is 0 Å². The molecular weight excluding hydrogens is 765 g/mol. The van der Waals surface area contributed by atoms with Crippen LogP contribution in [0.15, 0.2) is 218 Å². The minimum absolute atomic E-state index is 0.508. The van der Waals surface area contributed by atoms with Crippen LogP contribution >= 0.6 is 22.7 Å². The first kappa shape index (κ1) is 34.9. The number of thiazole rings is 1. The predicted molar refractivity (Wildman–Crippen MR) is 255 cm³/mol. The number of aromatic nitrogens is 1. The van der Waals surface area contributed by atoms with E-state index in [4.69, 9.17) is 4.98 Å². The fraction of sp³-hybridized carbons (Fsp3) is 0.0179. The van der Waals surface area contributed by atoms with Crippen LogP contribution in [0.3, 0.4) is 0 Å². The highest BCUT2D eigenvalue weighted by Crippen LogP contribution is 2.57. The standard InChI is InChI=1S/C56H36N2S2/c1-4-15-37(16-5-1)38-27-29-39(30-28-38)55-57-50-34-32-43(36-53(50)60-55)58(51-25-14-23-47-46-22-11-13-26-52(46)59-54(47)51)42-31-33-45-44-21-10-12-24-48(44)56(49(45)35-42,40-17-6-2-7-18-40)41-19-8-3-9-20-41/h1-36H. The van der Waals surface area contributed by atoms with Crippen LogP contribution in [0.2, 0.25) is 0 Å². The van der Waals surface area contributed by atoms with E-state index in [1.807, 2.05) is 11.3 Å². The quantitative estimate of drug-likeness (QED) is 0.160. The molecule has 0 saturated carbocycles. The molecule has 12 rings (SSSR count). The van der Waals surface area contributed by atoms with E-state index in [0.717, 1.165) is 37.8 Å². The highest BCUT2D eigenvalue weighted by molar-refractivity contribution is 7.26. The van der Waals surface area contributed by atoms with Gasteiger partial charge in [-0.25, -0.2) is 4.98 Å². The van der Waals surface area contributed by atoms with Gasteiger partial charge in [-0.1, -0.05) is 176 Å². The highest BCUT2D eigenvalue weighted by atomic mass is 32.1. The summed E-state index contributed by atoms with van der Waals surface area (Å²) in [6.45, 7) is 0. The van der Waals surface area contributed by atoms with Crippen molar-refractivity contribution < 1.29 is 0 Å². The van der Waals surface area contributed by atoms with Crippen molar-refractivity contribution in [1.82, 2.24) is 4.98 Å². The molecule has 0 unspecified atom stereocenters. The topological polar surface area (TPSA) is 16.1 Å². The summed E-state index contributed by atoms with van der Waals surface area (Å²) in [5.41, 5.74) is 15.1. The van der Waals surface area contributed by atoms with Gasteiger partial charge in [0.1, 0.15) is 5.01 Å². The minimum Gasteiger partial charge on any atom is -0.309 e. The molecular formula is C56H36N2S2. The molecule has 282 valence electrons. The maximum absolute atomic E-state index is 5.17. The molecule has 0 amide bonds. The highest BCUT2D eigenvalue weighted by Gasteiger charge is 2.46. The average molecular weight is 801 g/mol. The predicted octanol–water partition coefficient (Wildman–Crippen LogP) is 15.8. The Hall–Kier alpha value is -7.11. The van der Waals surface area contributed by atoms with E-state index < -0.39 is 5.41 Å². The zero-order valence-electron chi connectivity index (χ0n) is 32.5. The maximum Gasteiger partial charge on any atom is 0.124 e. The van der Waals surface area contributed by atoms with E-state index in [9.17, 15) is 0 Å². The van der Waals surface area contributed by atoms with Gasteiger partial charge in [0.25, 0.3) is 0 Å². The summed E-state index contributed by atoms with van der Waals surface area (Å²) in [6, 6.07) is 80.0. The van der Waals surface area contributed by atoms with Gasteiger partial charge >= 0.3 is 0 Å². The van der Waals surface area contributed by atoms with E-state index in [2.05, 4.69) is 223 Å². The monoisotopic (exact) mass is 800 g/mol. The molecule has 0 bridgehead atoms. The van der Waals surface area contributed by atoms with E-state index in [-0.39, 0.29) is 0 Å². The van der Waals surface area contributed by atoms with Crippen LogP contribution in [-0.4, -0.2) is 4.98 Å². The summed E-state index contributed by atoms with van der Waals surface area (Å²) < 4.78 is 3.71. The van der Waals surface area contributed by atoms with Gasteiger partial charge in [-0.15, -0.1) is 22.7 Å². The molecule has 2 heterocycles. The van der Waals surface area contributed by atoms with E-state index in [1.165, 1.54) is 64.7 Å². The van der Waals surface area contributed by atoms with Crippen LogP contribution in [0, 0.1) is 0 Å². The van der Waals surface area contributed by atoms with Crippen molar-refractivity contribution in [1.29, 1.82) is 0 Å². The normalized spacial score (nSPS) is 12.8. The molecule has 60 heavy (non-hydrogen) atoms. The Morgan fingerprint density at radius 3 is 1.78 bits per heavy atom. The summed E-state index contributed by atoms with van der Waals surface area (Å²) in [5, 5.41) is 3.58. The zero-order chi connectivity index (χ0) is 39.6. The summed E-state index contributed by atoms with van der Waals surface area (Å²) >= 11 is 3.62. The molecule has 1 aliphatic rings. The molecule has 0 radical (unpaired) electrons. The summed E-state index contributed by atoms with van der Waals surface area (Å²) in [6.07, 6.45) is 0. The van der Waals surface area contributed by atoms with Crippen molar-refractivity contribution in [3.05, 3.63) is 241 Å². The summed E-state index contributed by atoms with van der Waals surface area (Å²) in [7, 11) is 0. The number of hydrogen-bond acceptors (Lipinski definition) is 4. The van der Waals surface area contributed by atoms with Crippen LogP contribution in [0.1, 0.15) is 22.3 Å². The third kappa shape index (κ3) is 5.42. The lowest BCUT2D eigenvalue weighted by molar-refractivity contribution is 0.768. The zero-order valence-corrected chi connectivity index (χ0v) is 34.1. The van der Waals surface area contributed by atoms with Gasteiger partial charge in [-0.3, -0.25) is 0 Å². The number of anilines is 3. The summed E-state index contributed by atoms with van der Waals surface area (Å²) in [5.74, 6) is 0. The van der Waals surface area contributed by atoms with Gasteiger partial charge in [0.05, 0.1) is 26.0 Å². The SMILES string of the molecule is c1ccc(-c2ccc(-c3nc4ccc(N(c5ccc6c(c5)C(c5ccccc5)(c5ccccc5)c5ccccc5-6)c5cccc6c5sc5ccccc56)cc4s3)cc2)cc1. The van der Waals surface area contributed by atoms with Crippen molar-refractivity contribution in [3.8, 4) is 32.8 Å². The van der Waals surface area contributed by atoms with Gasteiger partial charge in [-0.2, -0.15) is 0 Å². The summed E-state index contributed by atoms with van der Waals surface area (Å²) in [4.78, 5) is 7.65. The Morgan fingerprint density at radius 2 is 1.00 bits per heavy atom. The fourth-order valence-corrected chi connectivity index (χ4v) is 11.7. The molecule has 9 aromatic carbocycles. The third-order valence-corrected chi connectivity index (χ3v) is 14.5. The molecule has 1 aliphatic carbocycles. The van der Waals surface area contributed by atoms with Crippen LogP contribution in [0.4, 0.5) is 17.1 Å². The van der Waals surface area contributed by atoms with Crippen molar-refractivity contribution in [2.45, 2.75) is 5.41 Å². The Bertz CT molecular complexity index is 3330. The second-order valence-corrected chi connectivity index (χ2v) is 17.5. The molecule has 2 nitrogen and oxygen atoms in total. The molecule has 11 aromatic rings. The van der Waals surface area contributed by atoms with Crippen molar-refractivity contribution in [2.75, 3.05) is 4.90 Å². The number of benzene rings is 9. The molecule has 0 fully saturated rings. The minimum atomic E-state index is -0.508. The van der Waals surface area contributed by atoms with Gasteiger partial charge < -0.3 is 4.90 Å². The molecule has 4 heteroatoms. The largest absolute Gasteiger partial charge is 0.309 e. The van der Waals surface area contributed by atoms with E-state index >= 15 is 0 Å². The molecule has 0 aliphatic heterocycles. The Labute approximate surface area is 356 Å². The lowest BCUT2D eigenvalue weighted by atomic mass is 9.67. The van der Waals surface area contributed by atoms with Crippen molar-refractivity contribution in [3.63, 3.8) is 0 Å². The second-order valence-electron chi connectivity index (χ2n) is 15.5. The lowest BCUT2D eigenvalue weighted by Crippen LogP contribution is -2.28. The Kier molecular flexibility index (Phi) is 8.15. The first-order chi connectivity index (χ1) is 29.7. The smallest absolute Gasteiger partial charge is 0.124 e. The lowest BCUT2D eigenvalue weighted by Gasteiger charge is -2.35. The van der Waals surface area contributed by atoms with Crippen LogP contribution in [-0.2, 0) is 5.41 Å². The molecule has 0 spiro atoms. The van der Waals surface area contributed by atoms with Gasteiger partial charge in [-0.05, 0) is 87.0 Å². The Balaban J connectivity index is 1.07.